The van der Waals surface area contributed by atoms with Crippen molar-refractivity contribution < 1.29 is 19.8 Å². The van der Waals surface area contributed by atoms with E-state index in [4.69, 9.17) is 0 Å². The lowest BCUT2D eigenvalue weighted by molar-refractivity contribution is -0.246. The average Bonchev–Trinajstić information content (AvgIpc) is 3.37. The Morgan fingerprint density at radius 2 is 1.66 bits per heavy atom. The van der Waals surface area contributed by atoms with E-state index in [2.05, 4.69) is 53.4 Å². The fraction of sp³-hybridized carbons (Fsp3) is 0.744. The largest absolute Gasteiger partial charge is 0.478 e. The maximum atomic E-state index is 14.4. The second kappa shape index (κ2) is 10.7. The van der Waals surface area contributed by atoms with Crippen LogP contribution >= 0.6 is 0 Å². The van der Waals surface area contributed by atoms with Crippen LogP contribution in [0.15, 0.2) is 36.4 Å². The minimum Gasteiger partial charge on any atom is -0.478 e. The Kier molecular flexibility index (Phi) is 7.75. The summed E-state index contributed by atoms with van der Waals surface area (Å²) in [5, 5.41) is 23.8. The van der Waals surface area contributed by atoms with Gasteiger partial charge in [0.1, 0.15) is 0 Å². The van der Waals surface area contributed by atoms with Crippen LogP contribution in [0.3, 0.4) is 0 Å². The fourth-order valence-electron chi connectivity index (χ4n) is 12.9. The van der Waals surface area contributed by atoms with Crippen LogP contribution in [0, 0.1) is 56.7 Å². The third kappa shape index (κ3) is 4.41. The third-order valence-electron chi connectivity index (χ3n) is 15.4. The molecule has 0 heterocycles. The van der Waals surface area contributed by atoms with Crippen molar-refractivity contribution in [2.45, 2.75) is 118 Å². The molecule has 1 aromatic carbocycles. The van der Waals surface area contributed by atoms with Gasteiger partial charge in [-0.2, -0.15) is 0 Å². The quantitative estimate of drug-likeness (QED) is 0.287. The molecule has 5 nitrogen and oxygen atoms in total. The van der Waals surface area contributed by atoms with E-state index in [1.165, 1.54) is 31.3 Å². The molecular weight excluding hydrogens is 546 g/mol. The number of aliphatic hydroxyl groups excluding tert-OH is 1. The number of benzene rings is 1. The van der Waals surface area contributed by atoms with Gasteiger partial charge >= 0.3 is 5.97 Å². The molecule has 1 aromatic rings. The van der Waals surface area contributed by atoms with Crippen LogP contribution in [0.2, 0.25) is 0 Å². The lowest BCUT2D eigenvalue weighted by atomic mass is 9.32. The Morgan fingerprint density at radius 3 is 2.36 bits per heavy atom. The number of aliphatic hydroxyl groups is 1. The summed E-state index contributed by atoms with van der Waals surface area (Å²) in [6.45, 7) is 19.7. The lowest BCUT2D eigenvalue weighted by Gasteiger charge is -2.72. The molecule has 4 unspecified atom stereocenters. The molecule has 6 rings (SSSR count). The molecule has 5 aliphatic rings. The topological polar surface area (TPSA) is 86.6 Å². The van der Waals surface area contributed by atoms with Crippen molar-refractivity contribution in [2.24, 2.45) is 56.7 Å². The van der Waals surface area contributed by atoms with Crippen molar-refractivity contribution in [2.75, 3.05) is 6.54 Å². The Balaban J connectivity index is 1.27. The van der Waals surface area contributed by atoms with E-state index in [1.807, 2.05) is 6.07 Å². The van der Waals surface area contributed by atoms with Crippen molar-refractivity contribution in [1.82, 2.24) is 5.32 Å². The van der Waals surface area contributed by atoms with Gasteiger partial charge in [0.05, 0.1) is 17.1 Å². The predicted octanol–water partition coefficient (Wildman–Crippen LogP) is 8.06. The smallest absolute Gasteiger partial charge is 0.335 e. The van der Waals surface area contributed by atoms with E-state index in [-0.39, 0.29) is 39.1 Å². The first-order chi connectivity index (χ1) is 20.6. The van der Waals surface area contributed by atoms with Crippen LogP contribution in [-0.2, 0) is 11.2 Å². The molecule has 0 spiro atoms. The Hall–Kier alpha value is -2.14. The van der Waals surface area contributed by atoms with Crippen molar-refractivity contribution in [3.8, 4) is 0 Å². The van der Waals surface area contributed by atoms with E-state index < -0.39 is 5.97 Å². The summed E-state index contributed by atoms with van der Waals surface area (Å²) in [5.41, 5.74) is 2.72. The zero-order chi connectivity index (χ0) is 31.9. The number of aromatic carboxylic acids is 1. The minimum atomic E-state index is -0.921. The number of carbonyl (C=O) groups excluding carboxylic acids is 1. The summed E-state index contributed by atoms with van der Waals surface area (Å²) in [7, 11) is 0. The number of hydrogen-bond acceptors (Lipinski definition) is 3. The Labute approximate surface area is 265 Å². The normalized spacial score (nSPS) is 44.0. The highest BCUT2D eigenvalue weighted by Gasteiger charge is 2.71. The summed E-state index contributed by atoms with van der Waals surface area (Å²) >= 11 is 0. The average molecular weight is 604 g/mol. The summed E-state index contributed by atoms with van der Waals surface area (Å²) in [6, 6.07) is 7.06. The molecule has 44 heavy (non-hydrogen) atoms. The van der Waals surface area contributed by atoms with Crippen LogP contribution < -0.4 is 5.32 Å². The lowest BCUT2D eigenvalue weighted by Crippen LogP contribution is -2.67. The molecule has 1 amide bonds. The van der Waals surface area contributed by atoms with Crippen molar-refractivity contribution in [1.29, 1.82) is 0 Å². The van der Waals surface area contributed by atoms with Gasteiger partial charge in [-0.05, 0) is 146 Å². The molecular formula is C39H57NO4. The van der Waals surface area contributed by atoms with Crippen LogP contribution in [-0.4, -0.2) is 34.7 Å². The first-order valence-electron chi connectivity index (χ1n) is 17.6. The van der Waals surface area contributed by atoms with E-state index >= 15 is 0 Å². The van der Waals surface area contributed by atoms with Crippen LogP contribution in [0.25, 0.3) is 0 Å². The van der Waals surface area contributed by atoms with Gasteiger partial charge in [-0.3, -0.25) is 4.79 Å². The zero-order valence-corrected chi connectivity index (χ0v) is 28.2. The number of carboxylic acids is 1. The van der Waals surface area contributed by atoms with Crippen LogP contribution in [0.1, 0.15) is 122 Å². The number of rotatable bonds is 6. The standard InChI is InChI=1S/C39H57NO4/c1-24(2)27-13-19-39(34(44)40-22-16-25-9-8-10-26(23-25)33(42)43)21-20-37(6)28(32(27)39)11-12-30-36(5)17-15-31(41)35(3,4)29(36)14-18-38(30,37)7/h8-10,23,27-32,41H,1,11-22H2,2-7H3,(H,40,44)(H,42,43)/t27-,28?,29?,30?,31-,32?,36-,37+,38+,39-/m0/s1. The SMILES string of the molecule is C=C(C)[C@@H]1CC[C@]2(C(=O)NCCc3cccc(C(=O)O)c3)CC[C@]3(C)C(CCC4[C@@]5(C)CC[C@H](O)C(C)(C)C5CC[C@]43C)C12. The first kappa shape index (κ1) is 31.8. The second-order valence-corrected chi connectivity index (χ2v) is 17.2. The number of amides is 1. The van der Waals surface area contributed by atoms with Gasteiger partial charge in [-0.15, -0.1) is 0 Å². The van der Waals surface area contributed by atoms with Crippen molar-refractivity contribution in [3.63, 3.8) is 0 Å². The van der Waals surface area contributed by atoms with E-state index in [1.54, 1.807) is 18.2 Å². The molecule has 5 aliphatic carbocycles. The second-order valence-electron chi connectivity index (χ2n) is 17.2. The number of fused-ring (bicyclic) bond motifs is 7. The van der Waals surface area contributed by atoms with Gasteiger partial charge in [0.15, 0.2) is 0 Å². The Morgan fingerprint density at radius 1 is 0.909 bits per heavy atom. The number of carboxylic acid groups (broad SMARTS) is 1. The predicted molar refractivity (Wildman–Crippen MR) is 175 cm³/mol. The number of nitrogens with one attached hydrogen (secondary N) is 1. The van der Waals surface area contributed by atoms with Gasteiger partial charge in [0, 0.05) is 6.54 Å². The molecule has 0 saturated heterocycles. The van der Waals surface area contributed by atoms with Gasteiger partial charge in [-0.25, -0.2) is 4.79 Å². The molecule has 0 aliphatic heterocycles. The summed E-state index contributed by atoms with van der Waals surface area (Å²) < 4.78 is 0. The highest BCUT2D eigenvalue weighted by Crippen LogP contribution is 2.77. The fourth-order valence-corrected chi connectivity index (χ4v) is 12.9. The first-order valence-corrected chi connectivity index (χ1v) is 17.6. The van der Waals surface area contributed by atoms with E-state index in [9.17, 15) is 19.8 Å². The van der Waals surface area contributed by atoms with E-state index in [0.29, 0.717) is 48.1 Å². The molecule has 242 valence electrons. The number of allylic oxidation sites excluding steroid dienone is 1. The van der Waals surface area contributed by atoms with Gasteiger partial charge in [0.25, 0.3) is 0 Å². The van der Waals surface area contributed by atoms with Crippen LogP contribution in [0.5, 0.6) is 0 Å². The molecule has 3 N–H and O–H groups in total. The summed E-state index contributed by atoms with van der Waals surface area (Å²) in [6.07, 6.45) is 11.3. The van der Waals surface area contributed by atoms with Gasteiger partial charge in [0.2, 0.25) is 5.91 Å². The highest BCUT2D eigenvalue weighted by atomic mass is 16.4. The van der Waals surface area contributed by atoms with Crippen molar-refractivity contribution >= 4 is 11.9 Å². The number of carbonyl (C=O) groups is 2. The third-order valence-corrected chi connectivity index (χ3v) is 15.4. The van der Waals surface area contributed by atoms with Gasteiger partial charge in [-0.1, -0.05) is 58.9 Å². The maximum absolute atomic E-state index is 14.4. The monoisotopic (exact) mass is 603 g/mol. The molecule has 0 bridgehead atoms. The Bertz CT molecular complexity index is 1330. The summed E-state index contributed by atoms with van der Waals surface area (Å²) in [5.74, 6) is 1.70. The minimum absolute atomic E-state index is 0.0443. The molecule has 5 fully saturated rings. The highest BCUT2D eigenvalue weighted by molar-refractivity contribution is 5.87. The molecule has 0 aromatic heterocycles. The zero-order valence-electron chi connectivity index (χ0n) is 28.2. The molecule has 0 radical (unpaired) electrons. The molecule has 5 saturated carbocycles. The van der Waals surface area contributed by atoms with Gasteiger partial charge < -0.3 is 15.5 Å². The molecule has 10 atom stereocenters. The number of hydrogen-bond donors (Lipinski definition) is 3. The maximum Gasteiger partial charge on any atom is 0.335 e. The summed E-state index contributed by atoms with van der Waals surface area (Å²) in [4.78, 5) is 25.8. The van der Waals surface area contributed by atoms with E-state index in [0.717, 1.165) is 44.1 Å². The molecule has 5 heteroatoms. The van der Waals surface area contributed by atoms with Crippen molar-refractivity contribution in [3.05, 3.63) is 47.5 Å². The van der Waals surface area contributed by atoms with Crippen LogP contribution in [0.4, 0.5) is 0 Å².